The van der Waals surface area contributed by atoms with E-state index in [1.807, 2.05) is 11.0 Å². The number of nitrogens with one attached hydrogen (secondary N) is 2. The molecule has 0 saturated carbocycles. The first-order chi connectivity index (χ1) is 15.1. The molecule has 32 heavy (non-hydrogen) atoms. The number of ether oxygens (including phenoxy) is 1. The number of carbonyl (C=O) groups is 2. The van der Waals surface area contributed by atoms with Gasteiger partial charge in [0.15, 0.2) is 0 Å². The van der Waals surface area contributed by atoms with Crippen LogP contribution in [0.3, 0.4) is 0 Å². The molecular weight excluding hydrogens is 403 g/mol. The largest absolute Gasteiger partial charge is 0.483 e. The van der Waals surface area contributed by atoms with Crippen molar-refractivity contribution in [2.45, 2.75) is 75.5 Å². The number of piperazine rings is 1. The number of hydrogen-bond acceptors (Lipinski definition) is 3. The molecule has 2 spiro atoms. The van der Waals surface area contributed by atoms with E-state index in [0.717, 1.165) is 47.0 Å². The van der Waals surface area contributed by atoms with Crippen LogP contribution in [0.15, 0.2) is 18.2 Å². The van der Waals surface area contributed by atoms with Crippen molar-refractivity contribution in [2.24, 2.45) is 5.92 Å². The van der Waals surface area contributed by atoms with Crippen LogP contribution in [0.4, 0.5) is 0 Å². The van der Waals surface area contributed by atoms with Gasteiger partial charge in [-0.3, -0.25) is 9.59 Å². The number of fused-ring (bicyclic) bond motifs is 6. The van der Waals surface area contributed by atoms with Gasteiger partial charge in [0.25, 0.3) is 0 Å². The molecule has 1 unspecified atom stereocenters. The van der Waals surface area contributed by atoms with Crippen LogP contribution in [0.25, 0.3) is 17.0 Å². The number of H-pyrrole nitrogens is 1. The van der Waals surface area contributed by atoms with E-state index in [1.54, 1.807) is 0 Å². The maximum Gasteiger partial charge on any atom is 0.249 e. The van der Waals surface area contributed by atoms with Crippen molar-refractivity contribution in [2.75, 3.05) is 6.54 Å². The lowest BCUT2D eigenvalue weighted by Crippen LogP contribution is -2.84. The highest BCUT2D eigenvalue weighted by Crippen LogP contribution is 2.59. The first-order valence-corrected chi connectivity index (χ1v) is 11.8. The SMILES string of the molecule is CC1(C)C=Cc2c(ccc3c4c([nH]c23)C(C)(C)C2C[C@]35CCCN3C(=O)[C@@]2(C4)N[13C]5=O)O1. The lowest BCUT2D eigenvalue weighted by Gasteiger charge is -2.64. The van der Waals surface area contributed by atoms with E-state index in [2.05, 4.69) is 56.2 Å². The van der Waals surface area contributed by atoms with Crippen LogP contribution in [0.5, 0.6) is 5.75 Å². The zero-order chi connectivity index (χ0) is 22.3. The van der Waals surface area contributed by atoms with Crippen molar-refractivity contribution in [3.63, 3.8) is 0 Å². The topological polar surface area (TPSA) is 74.4 Å². The Morgan fingerprint density at radius 1 is 1.16 bits per heavy atom. The molecule has 4 saturated heterocycles. The normalized spacial score (nSPS) is 35.1. The molecule has 0 radical (unpaired) electrons. The first kappa shape index (κ1) is 18.8. The number of hydrogen-bond donors (Lipinski definition) is 2. The minimum atomic E-state index is -0.848. The third kappa shape index (κ3) is 1.90. The van der Waals surface area contributed by atoms with Gasteiger partial charge in [-0.2, -0.15) is 0 Å². The number of benzene rings is 1. The van der Waals surface area contributed by atoms with Crippen molar-refractivity contribution in [1.29, 1.82) is 0 Å². The van der Waals surface area contributed by atoms with Crippen LogP contribution in [0.1, 0.15) is 63.8 Å². The van der Waals surface area contributed by atoms with Crippen molar-refractivity contribution in [3.05, 3.63) is 35.0 Å². The molecule has 1 aromatic carbocycles. The second kappa shape index (κ2) is 5.24. The summed E-state index contributed by atoms with van der Waals surface area (Å²) in [4.78, 5) is 32.9. The van der Waals surface area contributed by atoms with Gasteiger partial charge in [-0.05, 0) is 63.0 Å². The molecule has 6 heterocycles. The summed E-state index contributed by atoms with van der Waals surface area (Å²) in [5.41, 5.74) is 2.38. The number of amides is 2. The molecular formula is C26H29N3O3. The molecule has 2 bridgehead atoms. The van der Waals surface area contributed by atoms with Crippen LogP contribution < -0.4 is 10.1 Å². The molecule has 8 rings (SSSR count). The van der Waals surface area contributed by atoms with Crippen LogP contribution >= 0.6 is 0 Å². The van der Waals surface area contributed by atoms with Crippen LogP contribution in [0, 0.1) is 5.92 Å². The first-order valence-electron chi connectivity index (χ1n) is 11.8. The average Bonchev–Trinajstić information content (AvgIpc) is 3.32. The van der Waals surface area contributed by atoms with E-state index in [4.69, 9.17) is 4.74 Å². The predicted octanol–water partition coefficient (Wildman–Crippen LogP) is 3.44. The lowest BCUT2D eigenvalue weighted by molar-refractivity contribution is -0.179. The number of carbonyl (C=O) groups excluding carboxylic acids is 2. The van der Waals surface area contributed by atoms with Gasteiger partial charge in [0, 0.05) is 40.9 Å². The van der Waals surface area contributed by atoms with Crippen molar-refractivity contribution in [1.82, 2.24) is 15.2 Å². The highest BCUT2D eigenvalue weighted by molar-refractivity contribution is 6.06. The second-order valence-corrected chi connectivity index (χ2v) is 11.6. The Bertz CT molecular complexity index is 1280. The molecule has 2 amide bonds. The summed E-state index contributed by atoms with van der Waals surface area (Å²) >= 11 is 0. The molecule has 4 fully saturated rings. The number of piperidine rings is 2. The fourth-order valence-corrected chi connectivity index (χ4v) is 7.56. The Hall–Kier alpha value is -2.76. The van der Waals surface area contributed by atoms with E-state index in [1.165, 1.54) is 5.69 Å². The van der Waals surface area contributed by atoms with Gasteiger partial charge < -0.3 is 19.9 Å². The monoisotopic (exact) mass is 432 g/mol. The van der Waals surface area contributed by atoms with Crippen molar-refractivity contribution < 1.29 is 14.3 Å². The van der Waals surface area contributed by atoms with Crippen LogP contribution in [0.2, 0.25) is 0 Å². The van der Waals surface area contributed by atoms with Gasteiger partial charge >= 0.3 is 0 Å². The van der Waals surface area contributed by atoms with Crippen LogP contribution in [-0.2, 0) is 21.4 Å². The molecule has 6 nitrogen and oxygen atoms in total. The molecule has 1 aliphatic carbocycles. The fourth-order valence-electron chi connectivity index (χ4n) is 7.56. The van der Waals surface area contributed by atoms with E-state index < -0.39 is 11.1 Å². The molecule has 1 aromatic heterocycles. The number of aromatic nitrogens is 1. The number of rotatable bonds is 0. The summed E-state index contributed by atoms with van der Waals surface area (Å²) in [6, 6.07) is 4.16. The van der Waals surface area contributed by atoms with Crippen LogP contribution in [-0.4, -0.2) is 44.9 Å². The Labute approximate surface area is 187 Å². The minimum Gasteiger partial charge on any atom is -0.483 e. The van der Waals surface area contributed by atoms with Gasteiger partial charge in [0.05, 0.1) is 5.52 Å². The number of nitrogens with zero attached hydrogens (tertiary/aromatic N) is 1. The third-order valence-corrected chi connectivity index (χ3v) is 9.09. The summed E-state index contributed by atoms with van der Waals surface area (Å²) < 4.78 is 6.21. The van der Waals surface area contributed by atoms with E-state index >= 15 is 0 Å². The molecule has 166 valence electrons. The van der Waals surface area contributed by atoms with Gasteiger partial charge in [0.1, 0.15) is 22.4 Å². The molecule has 5 aliphatic heterocycles. The Morgan fingerprint density at radius 2 is 1.97 bits per heavy atom. The summed E-state index contributed by atoms with van der Waals surface area (Å²) in [6.07, 6.45) is 7.22. The highest BCUT2D eigenvalue weighted by atomic mass is 16.5. The second-order valence-electron chi connectivity index (χ2n) is 11.6. The molecule has 6 heteroatoms. The molecule has 2 aromatic rings. The Kier molecular flexibility index (Phi) is 3.07. The van der Waals surface area contributed by atoms with Gasteiger partial charge in [-0.1, -0.05) is 13.8 Å². The molecule has 2 N–H and O–H groups in total. The third-order valence-electron chi connectivity index (χ3n) is 9.09. The standard InChI is InChI=1S/C26H29N3O3/c1-23(2)10-8-15-17(32-23)7-6-14-16-12-26-18(24(3,4)20(16)27-19(14)15)13-25(21(30)28-26)9-5-11-29(25)22(26)31/h6-8,10,18,27H,5,9,11-13H2,1-4H3,(H,28,30)/t18?,25-,26-/m0/s1/i21+1. The van der Waals surface area contributed by atoms with Gasteiger partial charge in [0.2, 0.25) is 11.8 Å². The maximum atomic E-state index is 13.9. The summed E-state index contributed by atoms with van der Waals surface area (Å²) in [6.45, 7) is 9.29. The van der Waals surface area contributed by atoms with Gasteiger partial charge in [-0.25, -0.2) is 0 Å². The van der Waals surface area contributed by atoms with Crippen molar-refractivity contribution in [3.8, 4) is 5.75 Å². The fraction of sp³-hybridized carbons (Fsp3) is 0.538. The zero-order valence-corrected chi connectivity index (χ0v) is 19.1. The van der Waals surface area contributed by atoms with E-state index in [9.17, 15) is 9.59 Å². The Balaban J connectivity index is 1.46. The summed E-state index contributed by atoms with van der Waals surface area (Å²) in [7, 11) is 0. The Morgan fingerprint density at radius 3 is 2.78 bits per heavy atom. The summed E-state index contributed by atoms with van der Waals surface area (Å²) in [5, 5.41) is 4.41. The quantitative estimate of drug-likeness (QED) is 0.627. The van der Waals surface area contributed by atoms with Gasteiger partial charge in [-0.15, -0.1) is 0 Å². The zero-order valence-electron chi connectivity index (χ0n) is 19.1. The number of aromatic amines is 1. The average molecular weight is 433 g/mol. The minimum absolute atomic E-state index is 0.0564. The maximum absolute atomic E-state index is 13.9. The van der Waals surface area contributed by atoms with Crippen molar-refractivity contribution >= 4 is 28.8 Å². The predicted molar refractivity (Wildman–Crippen MR) is 121 cm³/mol. The highest BCUT2D eigenvalue weighted by Gasteiger charge is 2.72. The lowest BCUT2D eigenvalue weighted by atomic mass is 9.53. The smallest absolute Gasteiger partial charge is 0.249 e. The van der Waals surface area contributed by atoms with E-state index in [0.29, 0.717) is 13.0 Å². The summed E-state index contributed by atoms with van der Waals surface area (Å²) in [5.74, 6) is 1.13. The van der Waals surface area contributed by atoms with E-state index in [-0.39, 0.29) is 28.7 Å². The molecule has 3 atom stereocenters. The molecule has 6 aliphatic rings.